The second-order valence-corrected chi connectivity index (χ2v) is 6.87. The summed E-state index contributed by atoms with van der Waals surface area (Å²) < 4.78 is 4.33. The fourth-order valence-electron chi connectivity index (χ4n) is 3.16. The van der Waals surface area contributed by atoms with Crippen LogP contribution in [0.5, 0.6) is 0 Å². The monoisotopic (exact) mass is 313 g/mol. The molecule has 5 nitrogen and oxygen atoms in total. The molecule has 4 rings (SSSR count). The van der Waals surface area contributed by atoms with Gasteiger partial charge in [-0.05, 0) is 17.5 Å². The third-order valence-electron chi connectivity index (χ3n) is 4.10. The molecule has 0 radical (unpaired) electrons. The van der Waals surface area contributed by atoms with Gasteiger partial charge in [0, 0.05) is 61.8 Å². The van der Waals surface area contributed by atoms with E-state index in [4.69, 9.17) is 0 Å². The predicted octanol–water partition coefficient (Wildman–Crippen LogP) is 2.47. The Bertz CT molecular complexity index is 642. The van der Waals surface area contributed by atoms with Crippen LogP contribution in [0.2, 0.25) is 0 Å². The van der Waals surface area contributed by atoms with Crippen LogP contribution in [-0.2, 0) is 26.2 Å². The van der Waals surface area contributed by atoms with Gasteiger partial charge in [-0.15, -0.1) is 11.3 Å². The van der Waals surface area contributed by atoms with E-state index in [-0.39, 0.29) is 0 Å². The number of thiophene rings is 1. The molecule has 1 aliphatic rings. The molecule has 1 atom stereocenters. The van der Waals surface area contributed by atoms with Crippen LogP contribution in [0.15, 0.2) is 48.4 Å². The number of imidazole rings is 1. The molecule has 0 amide bonds. The van der Waals surface area contributed by atoms with Crippen molar-refractivity contribution in [1.82, 2.24) is 24.2 Å². The van der Waals surface area contributed by atoms with E-state index in [1.165, 1.54) is 10.7 Å². The maximum atomic E-state index is 4.53. The first kappa shape index (κ1) is 13.7. The van der Waals surface area contributed by atoms with Crippen LogP contribution in [0.25, 0.3) is 0 Å². The van der Waals surface area contributed by atoms with Crippen LogP contribution >= 0.6 is 11.3 Å². The third-order valence-corrected chi connectivity index (χ3v) is 4.96. The van der Waals surface area contributed by atoms with E-state index in [2.05, 4.69) is 43.3 Å². The Hall–Kier alpha value is -1.92. The summed E-state index contributed by atoms with van der Waals surface area (Å²) in [6.07, 6.45) is 7.90. The lowest BCUT2D eigenvalue weighted by Gasteiger charge is -2.23. The standard InChI is InChI=1S/C16H19N5S/c1-3-15(22-8-1)12-19-9-14(11-21-6-2-4-18-21)10-20-7-5-17-16(20)13-19/h1-8,14H,9-13H2/t14-/m0/s1. The van der Waals surface area contributed by atoms with Gasteiger partial charge in [-0.3, -0.25) is 9.58 Å². The molecule has 0 N–H and O–H groups in total. The normalized spacial score (nSPS) is 19.0. The van der Waals surface area contributed by atoms with E-state index < -0.39 is 0 Å². The highest BCUT2D eigenvalue weighted by atomic mass is 32.1. The smallest absolute Gasteiger partial charge is 0.122 e. The van der Waals surface area contributed by atoms with Crippen LogP contribution < -0.4 is 0 Å². The zero-order valence-corrected chi connectivity index (χ0v) is 13.2. The summed E-state index contributed by atoms with van der Waals surface area (Å²) in [5, 5.41) is 6.51. The molecule has 114 valence electrons. The first-order chi connectivity index (χ1) is 10.9. The van der Waals surface area contributed by atoms with Crippen molar-refractivity contribution in [3.8, 4) is 0 Å². The van der Waals surface area contributed by atoms with E-state index in [9.17, 15) is 0 Å². The fraction of sp³-hybridized carbons (Fsp3) is 0.375. The number of aromatic nitrogens is 4. The van der Waals surface area contributed by atoms with Crippen LogP contribution in [0.3, 0.4) is 0 Å². The quantitative estimate of drug-likeness (QED) is 0.743. The number of hydrogen-bond acceptors (Lipinski definition) is 4. The molecule has 3 aromatic rings. The molecular weight excluding hydrogens is 294 g/mol. The SMILES string of the molecule is c1csc(CN2Cc3nccn3C[C@@H](Cn3cccn3)C2)c1. The summed E-state index contributed by atoms with van der Waals surface area (Å²) in [6.45, 7) is 4.95. The highest BCUT2D eigenvalue weighted by molar-refractivity contribution is 7.09. The molecule has 0 saturated carbocycles. The van der Waals surface area contributed by atoms with Gasteiger partial charge in [-0.2, -0.15) is 5.10 Å². The molecule has 22 heavy (non-hydrogen) atoms. The number of hydrogen-bond donors (Lipinski definition) is 0. The van der Waals surface area contributed by atoms with Crippen molar-refractivity contribution < 1.29 is 0 Å². The van der Waals surface area contributed by atoms with E-state index in [1.54, 1.807) is 0 Å². The molecule has 0 saturated heterocycles. The molecule has 6 heteroatoms. The van der Waals surface area contributed by atoms with Crippen LogP contribution in [-0.4, -0.2) is 30.8 Å². The van der Waals surface area contributed by atoms with Gasteiger partial charge in [0.2, 0.25) is 0 Å². The molecule has 0 aromatic carbocycles. The summed E-state index contributed by atoms with van der Waals surface area (Å²) in [5.41, 5.74) is 0. The van der Waals surface area contributed by atoms with Crippen molar-refractivity contribution >= 4 is 11.3 Å². The topological polar surface area (TPSA) is 38.9 Å². The Balaban J connectivity index is 1.54. The van der Waals surface area contributed by atoms with Crippen LogP contribution in [0.1, 0.15) is 10.7 Å². The second-order valence-electron chi connectivity index (χ2n) is 5.84. The maximum Gasteiger partial charge on any atom is 0.122 e. The maximum absolute atomic E-state index is 4.53. The van der Waals surface area contributed by atoms with Crippen LogP contribution in [0, 0.1) is 5.92 Å². The van der Waals surface area contributed by atoms with Crippen molar-refractivity contribution in [2.45, 2.75) is 26.2 Å². The van der Waals surface area contributed by atoms with Crippen molar-refractivity contribution in [2.75, 3.05) is 6.54 Å². The van der Waals surface area contributed by atoms with Crippen molar-refractivity contribution in [1.29, 1.82) is 0 Å². The Kier molecular flexibility index (Phi) is 3.78. The summed E-state index contributed by atoms with van der Waals surface area (Å²) >= 11 is 1.83. The summed E-state index contributed by atoms with van der Waals surface area (Å²) in [4.78, 5) is 8.45. The van der Waals surface area contributed by atoms with Gasteiger partial charge in [-0.1, -0.05) is 6.07 Å². The van der Waals surface area contributed by atoms with E-state index in [1.807, 2.05) is 40.7 Å². The largest absolute Gasteiger partial charge is 0.333 e. The second kappa shape index (κ2) is 6.06. The minimum atomic E-state index is 0.537. The zero-order chi connectivity index (χ0) is 14.8. The summed E-state index contributed by atoms with van der Waals surface area (Å²) in [6, 6.07) is 6.33. The Labute approximate surface area is 133 Å². The molecule has 1 aliphatic heterocycles. The minimum Gasteiger partial charge on any atom is -0.333 e. The minimum absolute atomic E-state index is 0.537. The molecule has 0 fully saturated rings. The molecule has 4 heterocycles. The summed E-state index contributed by atoms with van der Waals surface area (Å²) in [5.74, 6) is 1.70. The van der Waals surface area contributed by atoms with Gasteiger partial charge < -0.3 is 4.57 Å². The predicted molar refractivity (Wildman–Crippen MR) is 86.4 cm³/mol. The van der Waals surface area contributed by atoms with Crippen molar-refractivity contribution in [2.24, 2.45) is 5.92 Å². The van der Waals surface area contributed by atoms with Gasteiger partial charge >= 0.3 is 0 Å². The highest BCUT2D eigenvalue weighted by Crippen LogP contribution is 2.20. The Morgan fingerprint density at radius 1 is 1.18 bits per heavy atom. The van der Waals surface area contributed by atoms with Gasteiger partial charge in [0.15, 0.2) is 0 Å². The average molecular weight is 313 g/mol. The van der Waals surface area contributed by atoms with Gasteiger partial charge in [0.25, 0.3) is 0 Å². The third kappa shape index (κ3) is 2.98. The van der Waals surface area contributed by atoms with Crippen molar-refractivity contribution in [3.63, 3.8) is 0 Å². The molecular formula is C16H19N5S. The molecule has 0 unspecified atom stereocenters. The summed E-state index contributed by atoms with van der Waals surface area (Å²) in [7, 11) is 0. The lowest BCUT2D eigenvalue weighted by atomic mass is 10.1. The molecule has 0 spiro atoms. The van der Waals surface area contributed by atoms with E-state index >= 15 is 0 Å². The lowest BCUT2D eigenvalue weighted by Crippen LogP contribution is -2.29. The lowest BCUT2D eigenvalue weighted by molar-refractivity contribution is 0.207. The first-order valence-electron chi connectivity index (χ1n) is 7.59. The molecule has 3 aromatic heterocycles. The first-order valence-corrected chi connectivity index (χ1v) is 8.47. The van der Waals surface area contributed by atoms with Gasteiger partial charge in [0.1, 0.15) is 5.82 Å². The fourth-order valence-corrected chi connectivity index (χ4v) is 3.90. The number of rotatable bonds is 4. The Morgan fingerprint density at radius 3 is 3.00 bits per heavy atom. The average Bonchev–Trinajstić information content (AvgIpc) is 3.22. The number of fused-ring (bicyclic) bond motifs is 1. The number of nitrogens with zero attached hydrogens (tertiary/aromatic N) is 5. The van der Waals surface area contributed by atoms with Crippen molar-refractivity contribution in [3.05, 3.63) is 59.1 Å². The van der Waals surface area contributed by atoms with Crippen LogP contribution in [0.4, 0.5) is 0 Å². The van der Waals surface area contributed by atoms with Gasteiger partial charge in [0.05, 0.1) is 6.54 Å². The Morgan fingerprint density at radius 2 is 2.18 bits per heavy atom. The van der Waals surface area contributed by atoms with Gasteiger partial charge in [-0.25, -0.2) is 4.98 Å². The molecule has 0 aliphatic carbocycles. The van der Waals surface area contributed by atoms with E-state index in [0.717, 1.165) is 32.7 Å². The molecule has 0 bridgehead atoms. The zero-order valence-electron chi connectivity index (χ0n) is 12.4. The highest BCUT2D eigenvalue weighted by Gasteiger charge is 2.23. The van der Waals surface area contributed by atoms with E-state index in [0.29, 0.717) is 5.92 Å².